The van der Waals surface area contributed by atoms with Crippen LogP contribution in [0.15, 0.2) is 94.5 Å². The van der Waals surface area contributed by atoms with Crippen LogP contribution >= 0.6 is 0 Å². The lowest BCUT2D eigenvalue weighted by molar-refractivity contribution is 0.265. The molecule has 0 fully saturated rings. The molecule has 0 N–H and O–H groups in total. The van der Waals surface area contributed by atoms with E-state index in [2.05, 4.69) is 4.98 Å². The lowest BCUT2D eigenvalue weighted by Gasteiger charge is -2.20. The topological polar surface area (TPSA) is 59.5 Å². The normalized spacial score (nSPS) is 16.1. The molecular weight excluding hydrogens is 336 g/mol. The number of benzene rings is 1. The summed E-state index contributed by atoms with van der Waals surface area (Å²) in [4.78, 5) is 6.20. The van der Waals surface area contributed by atoms with Crippen LogP contribution in [0.3, 0.4) is 0 Å². The molecule has 0 amide bonds. The molecule has 0 aliphatic carbocycles. The van der Waals surface area contributed by atoms with Gasteiger partial charge in [0, 0.05) is 30.7 Å². The van der Waals surface area contributed by atoms with Gasteiger partial charge in [0.15, 0.2) is 5.03 Å². The molecule has 0 saturated carbocycles. The summed E-state index contributed by atoms with van der Waals surface area (Å²) in [5, 5.41) is 0.0594. The van der Waals surface area contributed by atoms with Gasteiger partial charge in [-0.3, -0.25) is 0 Å². The fourth-order valence-electron chi connectivity index (χ4n) is 2.75. The van der Waals surface area contributed by atoms with Crippen molar-refractivity contribution in [3.05, 3.63) is 90.1 Å². The Balaban J connectivity index is 1.52. The van der Waals surface area contributed by atoms with Crippen molar-refractivity contribution < 1.29 is 13.2 Å². The Labute approximate surface area is 146 Å². The third-order valence-electron chi connectivity index (χ3n) is 4.07. The first-order valence-corrected chi connectivity index (χ1v) is 9.35. The van der Waals surface area contributed by atoms with Crippen LogP contribution in [-0.4, -0.2) is 24.9 Å². The fraction of sp³-hybridized carbons (Fsp3) is 0.105. The number of allylic oxidation sites excluding steroid dienone is 1. The summed E-state index contributed by atoms with van der Waals surface area (Å²) in [5.41, 5.74) is 2.11. The summed E-state index contributed by atoms with van der Waals surface area (Å²) in [5.74, 6) is 0.872. The maximum absolute atomic E-state index is 12.5. The van der Waals surface area contributed by atoms with Crippen LogP contribution in [0.5, 0.6) is 0 Å². The van der Waals surface area contributed by atoms with Crippen molar-refractivity contribution in [2.24, 2.45) is 0 Å². The van der Waals surface area contributed by atoms with Crippen molar-refractivity contribution in [2.75, 3.05) is 6.61 Å². The van der Waals surface area contributed by atoms with Crippen molar-refractivity contribution >= 4 is 9.84 Å². The van der Waals surface area contributed by atoms with Crippen molar-refractivity contribution in [1.82, 2.24) is 9.88 Å². The molecule has 2 aliphatic heterocycles. The van der Waals surface area contributed by atoms with Gasteiger partial charge in [-0.1, -0.05) is 18.2 Å². The molecule has 25 heavy (non-hydrogen) atoms. The average Bonchev–Trinajstić information content (AvgIpc) is 3.11. The van der Waals surface area contributed by atoms with E-state index >= 15 is 0 Å². The second kappa shape index (κ2) is 6.22. The maximum Gasteiger partial charge on any atom is 0.223 e. The molecule has 0 atom stereocenters. The quantitative estimate of drug-likeness (QED) is 0.846. The number of fused-ring (bicyclic) bond motifs is 1. The van der Waals surface area contributed by atoms with E-state index in [1.165, 1.54) is 12.3 Å². The first-order chi connectivity index (χ1) is 12.1. The van der Waals surface area contributed by atoms with E-state index in [1.54, 1.807) is 24.3 Å². The Morgan fingerprint density at radius 1 is 1.12 bits per heavy atom. The van der Waals surface area contributed by atoms with Crippen molar-refractivity contribution in [3.8, 4) is 0 Å². The molecule has 2 aliphatic rings. The first-order valence-electron chi connectivity index (χ1n) is 7.87. The molecule has 6 heteroatoms. The zero-order chi connectivity index (χ0) is 17.3. The summed E-state index contributed by atoms with van der Waals surface area (Å²) < 4.78 is 30.6. The largest absolute Gasteiger partial charge is 0.487 e. The van der Waals surface area contributed by atoms with Gasteiger partial charge in [-0.15, -0.1) is 0 Å². The summed E-state index contributed by atoms with van der Waals surface area (Å²) >= 11 is 0. The Hall–Kier alpha value is -2.86. The van der Waals surface area contributed by atoms with Crippen LogP contribution in [0.2, 0.25) is 0 Å². The molecule has 0 bridgehead atoms. The highest BCUT2D eigenvalue weighted by Gasteiger charge is 2.19. The molecule has 5 nitrogen and oxygen atoms in total. The molecule has 126 valence electrons. The zero-order valence-corrected chi connectivity index (χ0v) is 14.2. The highest BCUT2D eigenvalue weighted by molar-refractivity contribution is 7.91. The predicted molar refractivity (Wildman–Crippen MR) is 92.9 cm³/mol. The summed E-state index contributed by atoms with van der Waals surface area (Å²) in [6.45, 7) is 1.25. The molecule has 3 heterocycles. The Bertz CT molecular complexity index is 975. The van der Waals surface area contributed by atoms with Crippen LogP contribution in [-0.2, 0) is 21.1 Å². The van der Waals surface area contributed by atoms with Gasteiger partial charge in [0.05, 0.1) is 4.90 Å². The van der Waals surface area contributed by atoms with Crippen molar-refractivity contribution in [2.45, 2.75) is 16.5 Å². The Morgan fingerprint density at radius 3 is 2.72 bits per heavy atom. The number of rotatable bonds is 4. The SMILES string of the molecule is O=S(=O)(c1ccc(CN2C=CC3=CCOC3=C2)cc1)c1ccccn1. The van der Waals surface area contributed by atoms with E-state index in [0.29, 0.717) is 13.2 Å². The third-order valence-corrected chi connectivity index (χ3v) is 5.75. The van der Waals surface area contributed by atoms with Gasteiger partial charge in [-0.25, -0.2) is 13.4 Å². The molecular formula is C19H16N2O3S. The fourth-order valence-corrected chi connectivity index (χ4v) is 3.94. The number of pyridine rings is 1. The van der Waals surface area contributed by atoms with Crippen LogP contribution in [0.4, 0.5) is 0 Å². The van der Waals surface area contributed by atoms with Gasteiger partial charge < -0.3 is 9.64 Å². The molecule has 2 aromatic rings. The number of hydrogen-bond acceptors (Lipinski definition) is 5. The van der Waals surface area contributed by atoms with Gasteiger partial charge in [0.2, 0.25) is 9.84 Å². The van der Waals surface area contributed by atoms with Crippen molar-refractivity contribution in [3.63, 3.8) is 0 Å². The van der Waals surface area contributed by atoms with E-state index < -0.39 is 9.84 Å². The molecule has 1 aromatic carbocycles. The van der Waals surface area contributed by atoms with E-state index in [0.717, 1.165) is 16.9 Å². The second-order valence-electron chi connectivity index (χ2n) is 5.77. The standard InChI is InChI=1S/C19H16N2O3S/c22-25(23,19-3-1-2-10-20-19)17-6-4-15(5-7-17)13-21-11-8-16-9-12-24-18(16)14-21/h1-11,14H,12-13H2. The number of ether oxygens (including phenoxy) is 1. The van der Waals surface area contributed by atoms with Crippen LogP contribution < -0.4 is 0 Å². The zero-order valence-electron chi connectivity index (χ0n) is 13.4. The maximum atomic E-state index is 12.5. The highest BCUT2D eigenvalue weighted by atomic mass is 32.2. The Morgan fingerprint density at radius 2 is 1.96 bits per heavy atom. The molecule has 0 spiro atoms. The number of nitrogens with zero attached hydrogens (tertiary/aromatic N) is 2. The predicted octanol–water partition coefficient (Wildman–Crippen LogP) is 3.04. The lowest BCUT2D eigenvalue weighted by atomic mass is 10.1. The van der Waals surface area contributed by atoms with Gasteiger partial charge >= 0.3 is 0 Å². The molecule has 0 radical (unpaired) electrons. The highest BCUT2D eigenvalue weighted by Crippen LogP contribution is 2.26. The van der Waals surface area contributed by atoms with E-state index in [-0.39, 0.29) is 9.92 Å². The van der Waals surface area contributed by atoms with Crippen LogP contribution in [0.25, 0.3) is 0 Å². The van der Waals surface area contributed by atoms with Gasteiger partial charge in [0.25, 0.3) is 0 Å². The lowest BCUT2D eigenvalue weighted by Crippen LogP contribution is -2.13. The smallest absolute Gasteiger partial charge is 0.223 e. The average molecular weight is 352 g/mol. The van der Waals surface area contributed by atoms with Crippen molar-refractivity contribution in [1.29, 1.82) is 0 Å². The van der Waals surface area contributed by atoms with Gasteiger partial charge in [0.1, 0.15) is 12.4 Å². The third kappa shape index (κ3) is 3.08. The number of hydrogen-bond donors (Lipinski definition) is 0. The van der Waals surface area contributed by atoms with Gasteiger partial charge in [-0.2, -0.15) is 0 Å². The summed E-state index contributed by atoms with van der Waals surface area (Å²) in [7, 11) is -3.58. The van der Waals surface area contributed by atoms with Crippen LogP contribution in [0.1, 0.15) is 5.56 Å². The van der Waals surface area contributed by atoms with E-state index in [9.17, 15) is 8.42 Å². The first kappa shape index (κ1) is 15.7. The minimum Gasteiger partial charge on any atom is -0.487 e. The summed E-state index contributed by atoms with van der Waals surface area (Å²) in [6.07, 6.45) is 9.48. The monoisotopic (exact) mass is 352 g/mol. The minimum absolute atomic E-state index is 0.0594. The molecule has 4 rings (SSSR count). The number of aromatic nitrogens is 1. The second-order valence-corrected chi connectivity index (χ2v) is 7.66. The Kier molecular flexibility index (Phi) is 3.89. The molecule has 1 aromatic heterocycles. The van der Waals surface area contributed by atoms with E-state index in [1.807, 2.05) is 41.6 Å². The van der Waals surface area contributed by atoms with Gasteiger partial charge in [-0.05, 0) is 42.0 Å². The van der Waals surface area contributed by atoms with Crippen LogP contribution in [0, 0.1) is 0 Å². The van der Waals surface area contributed by atoms with E-state index in [4.69, 9.17) is 4.74 Å². The number of sulfone groups is 1. The molecule has 0 unspecified atom stereocenters. The molecule has 0 saturated heterocycles. The summed E-state index contributed by atoms with van der Waals surface area (Å²) in [6, 6.07) is 11.7. The minimum atomic E-state index is -3.58.